The van der Waals surface area contributed by atoms with Gasteiger partial charge in [-0.1, -0.05) is 93.6 Å². The average Bonchev–Trinajstić information content (AvgIpc) is 3.47. The predicted molar refractivity (Wildman–Crippen MR) is 179 cm³/mol. The van der Waals surface area contributed by atoms with E-state index in [-0.39, 0.29) is 17.2 Å². The molecular weight excluding hydrogens is 562 g/mol. The van der Waals surface area contributed by atoms with Crippen LogP contribution in [-0.4, -0.2) is 24.1 Å². The van der Waals surface area contributed by atoms with Crippen molar-refractivity contribution in [3.05, 3.63) is 62.0 Å². The molecule has 0 fully saturated rings. The van der Waals surface area contributed by atoms with Crippen LogP contribution in [0.2, 0.25) is 0 Å². The van der Waals surface area contributed by atoms with E-state index in [0.717, 1.165) is 5.92 Å². The van der Waals surface area contributed by atoms with Crippen LogP contribution in [0.3, 0.4) is 0 Å². The molecule has 2 heterocycles. The Kier molecular flexibility index (Phi) is 22.0. The molecule has 0 aromatic carbocycles. The summed E-state index contributed by atoms with van der Waals surface area (Å²) in [5, 5.41) is 12.4. The number of ether oxygens (including phenoxy) is 1. The Bertz CT molecular complexity index is 1130. The Balaban J connectivity index is 0.000000815. The molecule has 0 saturated heterocycles. The highest BCUT2D eigenvalue weighted by atomic mass is 32.1. The second-order valence-corrected chi connectivity index (χ2v) is 12.0. The van der Waals surface area contributed by atoms with E-state index in [0.29, 0.717) is 18.6 Å². The van der Waals surface area contributed by atoms with Gasteiger partial charge in [0.2, 0.25) is 0 Å². The van der Waals surface area contributed by atoms with Crippen molar-refractivity contribution in [2.45, 2.75) is 126 Å². The average molecular weight is 620 g/mol. The van der Waals surface area contributed by atoms with E-state index >= 15 is 0 Å². The maximum Gasteiger partial charge on any atom is 0.410 e. The third-order valence-corrected chi connectivity index (χ3v) is 8.41. The molecule has 2 N–H and O–H groups in total. The summed E-state index contributed by atoms with van der Waals surface area (Å²) in [6.45, 7) is 16.0. The van der Waals surface area contributed by atoms with E-state index < -0.39 is 23.4 Å². The summed E-state index contributed by atoms with van der Waals surface area (Å²) < 4.78 is 9.60. The van der Waals surface area contributed by atoms with Gasteiger partial charge in [0, 0.05) is 33.9 Å². The number of nitrogens with one attached hydrogen (secondary N) is 1. The van der Waals surface area contributed by atoms with Gasteiger partial charge in [-0.25, -0.2) is 9.59 Å². The van der Waals surface area contributed by atoms with E-state index in [9.17, 15) is 19.5 Å². The molecule has 7 nitrogen and oxygen atoms in total. The molecule has 0 radical (unpaired) electrons. The number of methoxy groups -OCH3 is 1. The van der Waals surface area contributed by atoms with Gasteiger partial charge < -0.3 is 14.3 Å². The van der Waals surface area contributed by atoms with E-state index in [1.54, 1.807) is 24.8 Å². The zero-order valence-corrected chi connectivity index (χ0v) is 28.9. The summed E-state index contributed by atoms with van der Waals surface area (Å²) in [7, 11) is 1.27. The van der Waals surface area contributed by atoms with Crippen LogP contribution in [0.1, 0.15) is 139 Å². The van der Waals surface area contributed by atoms with Crippen LogP contribution in [-0.2, 0) is 17.6 Å². The van der Waals surface area contributed by atoms with Crippen molar-refractivity contribution in [3.63, 3.8) is 0 Å². The van der Waals surface area contributed by atoms with Crippen LogP contribution < -0.4 is 10.9 Å². The molecule has 0 aliphatic carbocycles. The van der Waals surface area contributed by atoms with Gasteiger partial charge in [-0.05, 0) is 50.2 Å². The van der Waals surface area contributed by atoms with Crippen LogP contribution in [0.15, 0.2) is 39.7 Å². The van der Waals surface area contributed by atoms with Crippen molar-refractivity contribution in [1.29, 1.82) is 0 Å². The van der Waals surface area contributed by atoms with Crippen LogP contribution in [0.25, 0.3) is 0 Å². The fourth-order valence-corrected chi connectivity index (χ4v) is 5.37. The lowest BCUT2D eigenvalue weighted by Gasteiger charge is -2.13. The van der Waals surface area contributed by atoms with Gasteiger partial charge in [-0.15, -0.1) is 11.3 Å². The number of Topliss-reactive ketones (excluding diaryl/α,β-unsaturated/α-hetero) is 1. The number of aryl methyl sites for hydroxylation is 2. The first kappa shape index (κ1) is 40.1. The van der Waals surface area contributed by atoms with Crippen molar-refractivity contribution in [3.8, 4) is 5.75 Å². The van der Waals surface area contributed by atoms with Gasteiger partial charge in [-0.2, -0.15) is 0 Å². The molecule has 0 aliphatic heterocycles. The van der Waals surface area contributed by atoms with Gasteiger partial charge in [0.15, 0.2) is 5.78 Å². The maximum atomic E-state index is 12.0. The minimum Gasteiger partial charge on any atom is -0.507 e. The van der Waals surface area contributed by atoms with Crippen molar-refractivity contribution < 1.29 is 23.8 Å². The number of ketones is 1. The number of hydrogen-bond acceptors (Lipinski definition) is 7. The lowest BCUT2D eigenvalue weighted by Crippen LogP contribution is -2.19. The van der Waals surface area contributed by atoms with E-state index in [4.69, 9.17) is 4.42 Å². The third kappa shape index (κ3) is 16.0. The van der Waals surface area contributed by atoms with Crippen LogP contribution in [0.4, 0.5) is 4.79 Å². The van der Waals surface area contributed by atoms with Crippen molar-refractivity contribution >= 4 is 23.2 Å². The van der Waals surface area contributed by atoms with Gasteiger partial charge >= 0.3 is 11.7 Å². The fourth-order valence-electron chi connectivity index (χ4n) is 4.37. The summed E-state index contributed by atoms with van der Waals surface area (Å²) in [5.41, 5.74) is -1.12. The summed E-state index contributed by atoms with van der Waals surface area (Å²) in [6.07, 6.45) is 14.8. The van der Waals surface area contributed by atoms with Gasteiger partial charge in [-0.3, -0.25) is 10.1 Å². The molecule has 0 aliphatic rings. The molecule has 1 amide bonds. The zero-order chi connectivity index (χ0) is 32.8. The first-order valence-electron chi connectivity index (χ1n) is 16.1. The first-order chi connectivity index (χ1) is 20.6. The summed E-state index contributed by atoms with van der Waals surface area (Å²) in [5.74, 6) is -0.0660. The molecule has 2 aromatic rings. The molecule has 2 aromatic heterocycles. The van der Waals surface area contributed by atoms with Crippen molar-refractivity contribution in [1.82, 2.24) is 5.32 Å². The smallest absolute Gasteiger partial charge is 0.410 e. The number of amides is 1. The highest BCUT2D eigenvalue weighted by molar-refractivity contribution is 7.11. The third-order valence-electron chi connectivity index (χ3n) is 7.12. The number of aromatic hydroxyl groups is 1. The quantitative estimate of drug-likeness (QED) is 0.181. The highest BCUT2D eigenvalue weighted by Crippen LogP contribution is 2.26. The zero-order valence-electron chi connectivity index (χ0n) is 28.1. The van der Waals surface area contributed by atoms with Crippen molar-refractivity contribution in [2.24, 2.45) is 11.8 Å². The van der Waals surface area contributed by atoms with E-state index in [1.807, 2.05) is 32.1 Å². The Hall–Kier alpha value is -2.87. The Morgan fingerprint density at radius 3 is 2.23 bits per heavy atom. The minimum absolute atomic E-state index is 0.144. The summed E-state index contributed by atoms with van der Waals surface area (Å²) in [4.78, 5) is 37.9. The normalized spacial score (nSPS) is 12.1. The Morgan fingerprint density at radius 2 is 1.70 bits per heavy atom. The lowest BCUT2D eigenvalue weighted by atomic mass is 9.93. The summed E-state index contributed by atoms with van der Waals surface area (Å²) in [6, 6.07) is 5.95. The number of unbranched alkanes of at least 4 members (excludes halogenated alkanes) is 1. The predicted octanol–water partition coefficient (Wildman–Crippen LogP) is 9.81. The Morgan fingerprint density at radius 1 is 1.05 bits per heavy atom. The molecule has 2 atom stereocenters. The molecular formula is C35H57NO6S. The van der Waals surface area contributed by atoms with Crippen molar-refractivity contribution in [2.75, 3.05) is 7.11 Å². The van der Waals surface area contributed by atoms with Crippen LogP contribution >= 0.6 is 11.3 Å². The standard InChI is InChI=1S/C17H23NO6.C16H28S.C2H6/c1-10(2)15(20)14-12(19)9-13(24-16(14)21)11(3)7-5-6-8-18-17(22)23-4;1-4-7-9-14(5-2)10-8-11-16-13-12-15(6-3)17-16;1-2/h6,8-11,19H,5,7H2,1-4H3,(H,18,22);12-14H,4-11H2,1-3H3;1-2H3/b8-6+;;. The number of alkyl carbamates (subject to hydrolysis) is 1. The molecule has 0 saturated carbocycles. The van der Waals surface area contributed by atoms with Crippen LogP contribution in [0.5, 0.6) is 5.75 Å². The number of carbonyl (C=O) groups excluding carboxylic acids is 2. The molecule has 0 spiro atoms. The second kappa shape index (κ2) is 23.6. The number of carbonyl (C=O) groups is 2. The van der Waals surface area contributed by atoms with E-state index in [1.165, 1.54) is 75.6 Å². The SMILES string of the molecule is CC.CCCCC(CC)CCCc1ccc(CC)s1.COC(=O)N/C=C/CCC(C)c1cc(O)c(C(=O)C(C)C)c(=O)o1. The topological polar surface area (TPSA) is 106 Å². The molecule has 2 unspecified atom stereocenters. The first-order valence-corrected chi connectivity index (χ1v) is 16.9. The number of rotatable bonds is 16. The maximum absolute atomic E-state index is 12.0. The van der Waals surface area contributed by atoms with Gasteiger partial charge in [0.25, 0.3) is 0 Å². The van der Waals surface area contributed by atoms with Gasteiger partial charge in [0.1, 0.15) is 17.1 Å². The molecule has 43 heavy (non-hydrogen) atoms. The fraction of sp³-hybridized carbons (Fsp3) is 0.629. The van der Waals surface area contributed by atoms with E-state index in [2.05, 4.69) is 43.0 Å². The highest BCUT2D eigenvalue weighted by Gasteiger charge is 2.22. The summed E-state index contributed by atoms with van der Waals surface area (Å²) >= 11 is 2.01. The molecule has 0 bridgehead atoms. The second-order valence-electron chi connectivity index (χ2n) is 10.8. The largest absolute Gasteiger partial charge is 0.507 e. The molecule has 244 valence electrons. The number of allylic oxidation sites excluding steroid dienone is 1. The molecule has 2 rings (SSSR count). The Labute approximate surface area is 264 Å². The van der Waals surface area contributed by atoms with Crippen LogP contribution in [0, 0.1) is 11.8 Å². The number of thiophene rings is 1. The lowest BCUT2D eigenvalue weighted by molar-refractivity contribution is 0.0931. The molecule has 8 heteroatoms. The number of hydrogen-bond donors (Lipinski definition) is 2. The monoisotopic (exact) mass is 619 g/mol. The van der Waals surface area contributed by atoms with Gasteiger partial charge in [0.05, 0.1) is 7.11 Å². The minimum atomic E-state index is -0.821.